The zero-order valence-corrected chi connectivity index (χ0v) is 26.5. The van der Waals surface area contributed by atoms with Gasteiger partial charge in [-0.25, -0.2) is 9.78 Å². The average Bonchev–Trinajstić information content (AvgIpc) is 3.37. The summed E-state index contributed by atoms with van der Waals surface area (Å²) in [5.41, 5.74) is 2.03. The van der Waals surface area contributed by atoms with Gasteiger partial charge < -0.3 is 20.1 Å². The molecule has 0 radical (unpaired) electrons. The number of aliphatic hydroxyl groups excluding tert-OH is 3. The van der Waals surface area contributed by atoms with Crippen LogP contribution in [0.4, 0.5) is 0 Å². The van der Waals surface area contributed by atoms with E-state index in [1.807, 2.05) is 48.5 Å². The predicted octanol–water partition coefficient (Wildman–Crippen LogP) is 6.92. The molecule has 5 unspecified atom stereocenters. The number of para-hydroxylation sites is 2. The van der Waals surface area contributed by atoms with Crippen molar-refractivity contribution in [2.24, 2.45) is 46.3 Å². The smallest absolute Gasteiger partial charge is 0.339 e. The molecule has 1 aromatic heterocycles. The van der Waals surface area contributed by atoms with Crippen LogP contribution in [-0.2, 0) is 4.74 Å². The fraction of sp³-hybridized carbons (Fsp3) is 0.632. The molecule has 44 heavy (non-hydrogen) atoms. The quantitative estimate of drug-likeness (QED) is 0.162. The highest BCUT2D eigenvalue weighted by Crippen LogP contribution is 2.68. The van der Waals surface area contributed by atoms with Gasteiger partial charge in [-0.15, -0.1) is 0 Å². The second-order valence-corrected chi connectivity index (χ2v) is 15.3. The van der Waals surface area contributed by atoms with Crippen LogP contribution >= 0.6 is 0 Å². The number of pyridine rings is 1. The standard InChI is InChI=1S/C38H49NO5/c1-22(9-8-18-44-36(43)34-25-10-4-6-12-30(25)39-31-13-7-5-11-26(31)34)27-14-15-28-35-29(21-33(42)38(27,28)3)37(2)17-16-24(40)19-23(37)20-32(35)41/h4-7,10-13,22-24,27-29,32-33,35,40-42H,8-9,14-21H2,1-3H3/t22?,23?,24-,27-,28?,29?,32-,33+,35?,37+,38-/m1/s1. The first-order chi connectivity index (χ1) is 21.1. The largest absolute Gasteiger partial charge is 0.462 e. The van der Waals surface area contributed by atoms with E-state index in [1.54, 1.807) is 0 Å². The van der Waals surface area contributed by atoms with E-state index in [1.165, 1.54) is 0 Å². The number of nitrogens with zero attached hydrogens (tertiary/aromatic N) is 1. The van der Waals surface area contributed by atoms with E-state index in [4.69, 9.17) is 9.72 Å². The van der Waals surface area contributed by atoms with Crippen LogP contribution in [-0.4, -0.2) is 51.2 Å². The molecule has 3 N–H and O–H groups in total. The minimum Gasteiger partial charge on any atom is -0.462 e. The average molecular weight is 600 g/mol. The molecular weight excluding hydrogens is 550 g/mol. The van der Waals surface area contributed by atoms with Gasteiger partial charge in [-0.05, 0) is 116 Å². The Kier molecular flexibility index (Phi) is 7.78. The molecule has 3 aromatic rings. The van der Waals surface area contributed by atoms with Crippen LogP contribution in [0.25, 0.3) is 21.8 Å². The van der Waals surface area contributed by atoms with E-state index in [-0.39, 0.29) is 41.0 Å². The summed E-state index contributed by atoms with van der Waals surface area (Å²) in [5, 5.41) is 35.4. The summed E-state index contributed by atoms with van der Waals surface area (Å²) in [6.45, 7) is 7.35. The van der Waals surface area contributed by atoms with Crippen molar-refractivity contribution >= 4 is 27.8 Å². The molecule has 6 heteroatoms. The maximum Gasteiger partial charge on any atom is 0.339 e. The number of benzene rings is 2. The summed E-state index contributed by atoms with van der Waals surface area (Å²) in [4.78, 5) is 18.2. The van der Waals surface area contributed by atoms with Gasteiger partial charge in [0.15, 0.2) is 0 Å². The minimum atomic E-state index is -0.385. The Bertz CT molecular complexity index is 1490. The first kappa shape index (κ1) is 30.1. The minimum absolute atomic E-state index is 0.0878. The lowest BCUT2D eigenvalue weighted by molar-refractivity contribution is -0.207. The van der Waals surface area contributed by atoms with Crippen molar-refractivity contribution in [3.8, 4) is 0 Å². The highest BCUT2D eigenvalue weighted by Gasteiger charge is 2.65. The number of aliphatic hydroxyl groups is 3. The monoisotopic (exact) mass is 599 g/mol. The van der Waals surface area contributed by atoms with Crippen molar-refractivity contribution in [2.45, 2.75) is 96.9 Å². The van der Waals surface area contributed by atoms with E-state index in [0.717, 1.165) is 79.6 Å². The molecular formula is C38H49NO5. The van der Waals surface area contributed by atoms with Crippen molar-refractivity contribution in [2.75, 3.05) is 6.61 Å². The molecule has 2 aromatic carbocycles. The maximum atomic E-state index is 13.4. The Balaban J connectivity index is 1.02. The summed E-state index contributed by atoms with van der Waals surface area (Å²) in [5.74, 6) is 1.64. The van der Waals surface area contributed by atoms with Gasteiger partial charge in [0.05, 0.1) is 41.5 Å². The SMILES string of the molecule is CC(CCCOC(=O)c1c2ccccc2nc2ccccc12)[C@H]1CCC2C3C(C[C@H](O)[C@@]21C)[C@@]1(C)CC[C@@H](O)CC1C[C@H]3O. The summed E-state index contributed by atoms with van der Waals surface area (Å²) in [6.07, 6.45) is 6.99. The van der Waals surface area contributed by atoms with E-state index in [2.05, 4.69) is 20.8 Å². The Morgan fingerprint density at radius 1 is 0.932 bits per heavy atom. The molecule has 0 spiro atoms. The van der Waals surface area contributed by atoms with Gasteiger partial charge >= 0.3 is 5.97 Å². The molecule has 0 aliphatic heterocycles. The molecule has 4 saturated carbocycles. The third-order valence-corrected chi connectivity index (χ3v) is 13.3. The summed E-state index contributed by atoms with van der Waals surface area (Å²) in [6, 6.07) is 15.5. The maximum absolute atomic E-state index is 13.4. The lowest BCUT2D eigenvalue weighted by Gasteiger charge is -2.63. The lowest BCUT2D eigenvalue weighted by Crippen LogP contribution is -2.62. The number of carbonyl (C=O) groups excluding carboxylic acids is 1. The van der Waals surface area contributed by atoms with Crippen molar-refractivity contribution in [3.63, 3.8) is 0 Å². The summed E-state index contributed by atoms with van der Waals surface area (Å²) >= 11 is 0. The zero-order chi connectivity index (χ0) is 30.8. The molecule has 4 fully saturated rings. The van der Waals surface area contributed by atoms with E-state index in [0.29, 0.717) is 41.8 Å². The Hall–Kier alpha value is -2.54. The molecule has 11 atom stereocenters. The topological polar surface area (TPSA) is 99.9 Å². The fourth-order valence-electron chi connectivity index (χ4n) is 11.0. The Morgan fingerprint density at radius 3 is 2.32 bits per heavy atom. The predicted molar refractivity (Wildman–Crippen MR) is 172 cm³/mol. The molecule has 236 valence electrons. The van der Waals surface area contributed by atoms with Crippen LogP contribution in [0.15, 0.2) is 48.5 Å². The highest BCUT2D eigenvalue weighted by atomic mass is 16.5. The lowest BCUT2D eigenvalue weighted by atomic mass is 9.43. The van der Waals surface area contributed by atoms with Gasteiger partial charge in [-0.1, -0.05) is 57.2 Å². The fourth-order valence-corrected chi connectivity index (χ4v) is 11.0. The molecule has 4 aliphatic carbocycles. The first-order valence-corrected chi connectivity index (χ1v) is 17.1. The molecule has 0 saturated heterocycles. The van der Waals surface area contributed by atoms with Gasteiger partial charge in [-0.2, -0.15) is 0 Å². The van der Waals surface area contributed by atoms with Crippen LogP contribution in [0.5, 0.6) is 0 Å². The summed E-state index contributed by atoms with van der Waals surface area (Å²) in [7, 11) is 0. The number of esters is 1. The van der Waals surface area contributed by atoms with Gasteiger partial charge in [0, 0.05) is 10.8 Å². The second kappa shape index (κ2) is 11.4. The van der Waals surface area contributed by atoms with E-state index >= 15 is 0 Å². The first-order valence-electron chi connectivity index (χ1n) is 17.1. The molecule has 7 rings (SSSR count). The molecule has 0 bridgehead atoms. The van der Waals surface area contributed by atoms with Gasteiger partial charge in [0.1, 0.15) is 0 Å². The molecule has 6 nitrogen and oxygen atoms in total. The van der Waals surface area contributed by atoms with Crippen LogP contribution in [0.1, 0.15) is 88.9 Å². The van der Waals surface area contributed by atoms with Crippen molar-refractivity contribution in [3.05, 3.63) is 54.1 Å². The second-order valence-electron chi connectivity index (χ2n) is 15.3. The normalized spacial score (nSPS) is 39.0. The third-order valence-electron chi connectivity index (χ3n) is 13.3. The van der Waals surface area contributed by atoms with E-state index < -0.39 is 0 Å². The van der Waals surface area contributed by atoms with Crippen molar-refractivity contribution in [1.29, 1.82) is 0 Å². The Labute approximate surface area is 261 Å². The number of carbonyl (C=O) groups is 1. The van der Waals surface area contributed by atoms with Crippen LogP contribution in [0.3, 0.4) is 0 Å². The van der Waals surface area contributed by atoms with Gasteiger partial charge in [0.25, 0.3) is 0 Å². The number of hydrogen-bond acceptors (Lipinski definition) is 6. The highest BCUT2D eigenvalue weighted by molar-refractivity contribution is 6.14. The number of hydrogen-bond donors (Lipinski definition) is 3. The van der Waals surface area contributed by atoms with Gasteiger partial charge in [-0.3, -0.25) is 0 Å². The van der Waals surface area contributed by atoms with E-state index in [9.17, 15) is 20.1 Å². The molecule has 0 amide bonds. The number of fused-ring (bicyclic) bond motifs is 7. The number of ether oxygens (including phenoxy) is 1. The molecule has 4 aliphatic rings. The van der Waals surface area contributed by atoms with Crippen molar-refractivity contribution in [1.82, 2.24) is 4.98 Å². The van der Waals surface area contributed by atoms with Gasteiger partial charge in [0.2, 0.25) is 0 Å². The number of rotatable bonds is 6. The summed E-state index contributed by atoms with van der Waals surface area (Å²) < 4.78 is 5.90. The zero-order valence-electron chi connectivity index (χ0n) is 26.5. The van der Waals surface area contributed by atoms with Crippen LogP contribution in [0.2, 0.25) is 0 Å². The number of aromatic nitrogens is 1. The third kappa shape index (κ3) is 4.70. The van der Waals surface area contributed by atoms with Crippen LogP contribution < -0.4 is 0 Å². The molecule has 1 heterocycles. The Morgan fingerprint density at radius 2 is 1.61 bits per heavy atom. The van der Waals surface area contributed by atoms with Crippen molar-refractivity contribution < 1.29 is 24.9 Å². The van der Waals surface area contributed by atoms with Crippen LogP contribution in [0, 0.1) is 46.3 Å².